The summed E-state index contributed by atoms with van der Waals surface area (Å²) in [5, 5.41) is 12.3. The fourth-order valence-corrected chi connectivity index (χ4v) is 2.27. The van der Waals surface area contributed by atoms with Gasteiger partial charge in [-0.25, -0.2) is 0 Å². The molecule has 1 atom stereocenters. The Labute approximate surface area is 109 Å². The Balaban J connectivity index is 2.05. The molecule has 0 amide bonds. The van der Waals surface area contributed by atoms with Gasteiger partial charge in [-0.2, -0.15) is 0 Å². The molecular formula is C12H15BrN2O2. The molecule has 4 nitrogen and oxygen atoms in total. The molecule has 17 heavy (non-hydrogen) atoms. The molecule has 1 saturated heterocycles. The van der Waals surface area contributed by atoms with Crippen molar-refractivity contribution in [2.24, 2.45) is 0 Å². The van der Waals surface area contributed by atoms with Crippen molar-refractivity contribution >= 4 is 21.9 Å². The number of nitrogens with one attached hydrogen (secondary N) is 1. The molecule has 0 aliphatic carbocycles. The van der Waals surface area contributed by atoms with E-state index >= 15 is 0 Å². The maximum atomic E-state index is 11.1. The zero-order chi connectivity index (χ0) is 12.3. The quantitative estimate of drug-likeness (QED) is 0.883. The van der Waals surface area contributed by atoms with Gasteiger partial charge in [-0.3, -0.25) is 9.69 Å². The molecule has 0 aromatic heterocycles. The maximum absolute atomic E-state index is 11.1. The van der Waals surface area contributed by atoms with E-state index in [9.17, 15) is 4.79 Å². The molecule has 0 radical (unpaired) electrons. The SMILES string of the molecule is O=C(O)C1CNCCN1Cc1ccc(Br)cc1. The van der Waals surface area contributed by atoms with E-state index in [1.54, 1.807) is 0 Å². The standard InChI is InChI=1S/C12H15BrN2O2/c13-10-3-1-9(2-4-10)8-15-6-5-14-7-11(15)12(16)17/h1-4,11,14H,5-8H2,(H,16,17). The fourth-order valence-electron chi connectivity index (χ4n) is 2.00. The Bertz CT molecular complexity index is 394. The monoisotopic (exact) mass is 298 g/mol. The average molecular weight is 299 g/mol. The first-order valence-corrected chi connectivity index (χ1v) is 6.38. The van der Waals surface area contributed by atoms with Gasteiger partial charge >= 0.3 is 5.97 Å². The second kappa shape index (κ2) is 5.62. The van der Waals surface area contributed by atoms with Crippen molar-refractivity contribution in [3.05, 3.63) is 34.3 Å². The van der Waals surface area contributed by atoms with E-state index in [0.717, 1.165) is 23.1 Å². The molecule has 1 aliphatic heterocycles. The smallest absolute Gasteiger partial charge is 0.322 e. The number of piperazine rings is 1. The molecule has 2 N–H and O–H groups in total. The second-order valence-corrected chi connectivity index (χ2v) is 5.07. The molecule has 1 fully saturated rings. The summed E-state index contributed by atoms with van der Waals surface area (Å²) in [6, 6.07) is 7.57. The van der Waals surface area contributed by atoms with Crippen molar-refractivity contribution in [2.75, 3.05) is 19.6 Å². The van der Waals surface area contributed by atoms with Gasteiger partial charge in [0.2, 0.25) is 0 Å². The molecule has 1 unspecified atom stereocenters. The lowest BCUT2D eigenvalue weighted by Crippen LogP contribution is -2.54. The van der Waals surface area contributed by atoms with Gasteiger partial charge in [0.25, 0.3) is 0 Å². The van der Waals surface area contributed by atoms with E-state index in [0.29, 0.717) is 13.1 Å². The van der Waals surface area contributed by atoms with Crippen LogP contribution in [0.1, 0.15) is 5.56 Å². The summed E-state index contributed by atoms with van der Waals surface area (Å²) >= 11 is 3.39. The number of hydrogen-bond acceptors (Lipinski definition) is 3. The summed E-state index contributed by atoms with van der Waals surface area (Å²) in [6.45, 7) is 2.82. The Morgan fingerprint density at radius 2 is 2.18 bits per heavy atom. The van der Waals surface area contributed by atoms with E-state index in [2.05, 4.69) is 21.2 Å². The third kappa shape index (κ3) is 3.28. The van der Waals surface area contributed by atoms with Crippen LogP contribution in [0.25, 0.3) is 0 Å². The largest absolute Gasteiger partial charge is 0.480 e. The average Bonchev–Trinajstić information content (AvgIpc) is 2.32. The molecule has 0 saturated carbocycles. The van der Waals surface area contributed by atoms with Gasteiger partial charge < -0.3 is 10.4 Å². The Morgan fingerprint density at radius 3 is 2.82 bits per heavy atom. The highest BCUT2D eigenvalue weighted by Crippen LogP contribution is 2.14. The zero-order valence-corrected chi connectivity index (χ0v) is 11.0. The van der Waals surface area contributed by atoms with Gasteiger partial charge in [0.15, 0.2) is 0 Å². The van der Waals surface area contributed by atoms with Gasteiger partial charge in [0.05, 0.1) is 0 Å². The van der Waals surface area contributed by atoms with Crippen molar-refractivity contribution in [3.8, 4) is 0 Å². The van der Waals surface area contributed by atoms with Crippen LogP contribution in [-0.4, -0.2) is 41.7 Å². The van der Waals surface area contributed by atoms with Gasteiger partial charge in [0.1, 0.15) is 6.04 Å². The molecule has 0 bridgehead atoms. The Kier molecular flexibility index (Phi) is 4.15. The van der Waals surface area contributed by atoms with Crippen LogP contribution in [0.4, 0.5) is 0 Å². The molecular weight excluding hydrogens is 284 g/mol. The first-order chi connectivity index (χ1) is 8.16. The molecule has 1 aromatic carbocycles. The van der Waals surface area contributed by atoms with Crippen LogP contribution in [0.2, 0.25) is 0 Å². The maximum Gasteiger partial charge on any atom is 0.322 e. The number of nitrogens with zero attached hydrogens (tertiary/aromatic N) is 1. The molecule has 92 valence electrons. The molecule has 1 aliphatic rings. The van der Waals surface area contributed by atoms with Gasteiger partial charge in [-0.15, -0.1) is 0 Å². The normalized spacial score (nSPS) is 21.4. The van der Waals surface area contributed by atoms with Crippen LogP contribution in [0, 0.1) is 0 Å². The van der Waals surface area contributed by atoms with E-state index in [1.807, 2.05) is 29.2 Å². The fraction of sp³-hybridized carbons (Fsp3) is 0.417. The highest BCUT2D eigenvalue weighted by molar-refractivity contribution is 9.10. The number of benzene rings is 1. The minimum atomic E-state index is -0.755. The van der Waals surface area contributed by atoms with Crippen LogP contribution < -0.4 is 5.32 Å². The minimum absolute atomic E-state index is 0.424. The van der Waals surface area contributed by atoms with E-state index in [1.165, 1.54) is 0 Å². The predicted molar refractivity (Wildman–Crippen MR) is 68.8 cm³/mol. The highest BCUT2D eigenvalue weighted by atomic mass is 79.9. The van der Waals surface area contributed by atoms with Crippen LogP contribution in [-0.2, 0) is 11.3 Å². The summed E-state index contributed by atoms with van der Waals surface area (Å²) in [7, 11) is 0. The van der Waals surface area contributed by atoms with E-state index in [4.69, 9.17) is 5.11 Å². The summed E-state index contributed by atoms with van der Waals surface area (Å²) in [5.74, 6) is -0.755. The Morgan fingerprint density at radius 1 is 1.47 bits per heavy atom. The first-order valence-electron chi connectivity index (χ1n) is 5.59. The molecule has 2 rings (SSSR count). The van der Waals surface area contributed by atoms with Gasteiger partial charge in [0, 0.05) is 30.7 Å². The number of carbonyl (C=O) groups is 1. The van der Waals surface area contributed by atoms with Crippen LogP contribution >= 0.6 is 15.9 Å². The predicted octanol–water partition coefficient (Wildman–Crippen LogP) is 1.31. The minimum Gasteiger partial charge on any atom is -0.480 e. The number of carboxylic acids is 1. The van der Waals surface area contributed by atoms with Gasteiger partial charge in [-0.1, -0.05) is 28.1 Å². The lowest BCUT2D eigenvalue weighted by molar-refractivity contribution is -0.144. The molecule has 1 aromatic rings. The van der Waals surface area contributed by atoms with Crippen molar-refractivity contribution in [2.45, 2.75) is 12.6 Å². The van der Waals surface area contributed by atoms with Crippen molar-refractivity contribution in [1.29, 1.82) is 0 Å². The first kappa shape index (κ1) is 12.5. The number of rotatable bonds is 3. The van der Waals surface area contributed by atoms with E-state index in [-0.39, 0.29) is 0 Å². The topological polar surface area (TPSA) is 52.6 Å². The summed E-state index contributed by atoms with van der Waals surface area (Å²) < 4.78 is 1.04. The number of aliphatic carboxylic acids is 1. The van der Waals surface area contributed by atoms with Crippen molar-refractivity contribution in [3.63, 3.8) is 0 Å². The second-order valence-electron chi connectivity index (χ2n) is 4.16. The molecule has 0 spiro atoms. The van der Waals surface area contributed by atoms with E-state index < -0.39 is 12.0 Å². The summed E-state index contributed by atoms with van der Waals surface area (Å²) in [4.78, 5) is 13.1. The lowest BCUT2D eigenvalue weighted by Gasteiger charge is -2.33. The van der Waals surface area contributed by atoms with Gasteiger partial charge in [-0.05, 0) is 17.7 Å². The van der Waals surface area contributed by atoms with Crippen LogP contribution in [0.3, 0.4) is 0 Å². The summed E-state index contributed by atoms with van der Waals surface area (Å²) in [5.41, 5.74) is 1.14. The van der Waals surface area contributed by atoms with Crippen LogP contribution in [0.5, 0.6) is 0 Å². The molecule has 1 heterocycles. The molecule has 5 heteroatoms. The third-order valence-corrected chi connectivity index (χ3v) is 3.47. The van der Waals surface area contributed by atoms with Crippen molar-refractivity contribution < 1.29 is 9.90 Å². The van der Waals surface area contributed by atoms with Crippen LogP contribution in [0.15, 0.2) is 28.7 Å². The number of halogens is 1. The Hall–Kier alpha value is -0.910. The third-order valence-electron chi connectivity index (χ3n) is 2.94. The zero-order valence-electron chi connectivity index (χ0n) is 9.40. The highest BCUT2D eigenvalue weighted by Gasteiger charge is 2.27. The van der Waals surface area contributed by atoms with Crippen molar-refractivity contribution in [1.82, 2.24) is 10.2 Å². The lowest BCUT2D eigenvalue weighted by atomic mass is 10.1. The number of hydrogen-bond donors (Lipinski definition) is 2. The summed E-state index contributed by atoms with van der Waals surface area (Å²) in [6.07, 6.45) is 0. The number of carboxylic acid groups (broad SMARTS) is 1.